The van der Waals surface area contributed by atoms with Crippen molar-refractivity contribution in [1.82, 2.24) is 0 Å². The van der Waals surface area contributed by atoms with Crippen LogP contribution in [0.4, 0.5) is 0 Å². The number of ether oxygens (including phenoxy) is 1. The van der Waals surface area contributed by atoms with Crippen molar-refractivity contribution in [3.8, 4) is 5.75 Å². The average Bonchev–Trinajstić information content (AvgIpc) is 3.17. The van der Waals surface area contributed by atoms with Gasteiger partial charge in [0.05, 0.1) is 5.54 Å². The van der Waals surface area contributed by atoms with Gasteiger partial charge in [-0.1, -0.05) is 48.5 Å². The van der Waals surface area contributed by atoms with Crippen LogP contribution in [0.2, 0.25) is 0 Å². The Morgan fingerprint density at radius 2 is 1.60 bits per heavy atom. The Bertz CT molecular complexity index is 552. The van der Waals surface area contributed by atoms with E-state index in [0.717, 1.165) is 25.0 Å². The molecule has 106 valence electrons. The predicted molar refractivity (Wildman–Crippen MR) is 84.6 cm³/mol. The van der Waals surface area contributed by atoms with Crippen LogP contribution >= 0.6 is 12.4 Å². The summed E-state index contributed by atoms with van der Waals surface area (Å²) >= 11 is 0. The molecule has 0 bridgehead atoms. The quantitative estimate of drug-likeness (QED) is 0.913. The Morgan fingerprint density at radius 1 is 0.950 bits per heavy atom. The maximum atomic E-state index is 6.07. The summed E-state index contributed by atoms with van der Waals surface area (Å²) in [5.74, 6) is 0.961. The molecule has 0 spiro atoms. The van der Waals surface area contributed by atoms with Crippen molar-refractivity contribution in [1.29, 1.82) is 0 Å². The van der Waals surface area contributed by atoms with Gasteiger partial charge < -0.3 is 10.5 Å². The molecular formula is C17H20ClNO. The largest absolute Gasteiger partial charge is 0.491 e. The first-order chi connectivity index (χ1) is 9.25. The van der Waals surface area contributed by atoms with Gasteiger partial charge in [0.25, 0.3) is 0 Å². The zero-order valence-electron chi connectivity index (χ0n) is 11.4. The monoisotopic (exact) mass is 289 g/mol. The van der Waals surface area contributed by atoms with Crippen LogP contribution in [0, 0.1) is 0 Å². The van der Waals surface area contributed by atoms with E-state index in [1.807, 2.05) is 18.2 Å². The number of benzene rings is 2. The minimum absolute atomic E-state index is 0. The van der Waals surface area contributed by atoms with Gasteiger partial charge in [-0.25, -0.2) is 0 Å². The van der Waals surface area contributed by atoms with E-state index >= 15 is 0 Å². The molecule has 3 rings (SSSR count). The van der Waals surface area contributed by atoms with Crippen LogP contribution in [-0.2, 0) is 6.42 Å². The highest BCUT2D eigenvalue weighted by Gasteiger charge is 2.39. The fraction of sp³-hybridized carbons (Fsp3) is 0.294. The minimum Gasteiger partial charge on any atom is -0.491 e. The first kappa shape index (κ1) is 14.9. The van der Waals surface area contributed by atoms with E-state index in [1.165, 1.54) is 11.1 Å². The molecule has 2 aromatic carbocycles. The smallest absolute Gasteiger partial charge is 0.122 e. The molecule has 2 N–H and O–H groups in total. The van der Waals surface area contributed by atoms with Gasteiger partial charge in [-0.05, 0) is 30.0 Å². The summed E-state index contributed by atoms with van der Waals surface area (Å²) in [6, 6.07) is 18.7. The molecule has 0 atom stereocenters. The minimum atomic E-state index is -0.0696. The Kier molecular flexibility index (Phi) is 4.69. The van der Waals surface area contributed by atoms with Crippen molar-refractivity contribution in [3.05, 3.63) is 65.7 Å². The summed E-state index contributed by atoms with van der Waals surface area (Å²) in [6.07, 6.45) is 3.05. The molecule has 1 aliphatic carbocycles. The molecule has 0 aliphatic heterocycles. The Labute approximate surface area is 126 Å². The van der Waals surface area contributed by atoms with Gasteiger partial charge in [0, 0.05) is 6.42 Å². The summed E-state index contributed by atoms with van der Waals surface area (Å²) in [5.41, 5.74) is 8.52. The summed E-state index contributed by atoms with van der Waals surface area (Å²) in [5, 5.41) is 0. The second-order valence-electron chi connectivity index (χ2n) is 5.42. The molecule has 0 saturated heterocycles. The standard InChI is InChI=1S/C17H19NO.ClH/c18-17(10-11-17)13-19-16-9-5-4-8-15(16)12-14-6-2-1-3-7-14;/h1-9H,10-13,18H2;1H. The van der Waals surface area contributed by atoms with Crippen LogP contribution in [0.1, 0.15) is 24.0 Å². The zero-order chi connectivity index (χ0) is 13.1. The lowest BCUT2D eigenvalue weighted by molar-refractivity contribution is 0.277. The van der Waals surface area contributed by atoms with E-state index < -0.39 is 0 Å². The molecule has 20 heavy (non-hydrogen) atoms. The molecule has 1 fully saturated rings. The number of rotatable bonds is 5. The van der Waals surface area contributed by atoms with E-state index in [9.17, 15) is 0 Å². The Hall–Kier alpha value is -1.51. The molecule has 0 heterocycles. The highest BCUT2D eigenvalue weighted by molar-refractivity contribution is 5.85. The van der Waals surface area contributed by atoms with Gasteiger partial charge in [0.2, 0.25) is 0 Å². The van der Waals surface area contributed by atoms with Crippen molar-refractivity contribution in [3.63, 3.8) is 0 Å². The number of nitrogens with two attached hydrogens (primary N) is 1. The third kappa shape index (κ3) is 3.75. The predicted octanol–water partition coefficient (Wildman–Crippen LogP) is 3.57. The summed E-state index contributed by atoms with van der Waals surface area (Å²) in [4.78, 5) is 0. The maximum absolute atomic E-state index is 6.07. The van der Waals surface area contributed by atoms with Crippen molar-refractivity contribution in [2.24, 2.45) is 5.73 Å². The highest BCUT2D eigenvalue weighted by Crippen LogP contribution is 2.33. The fourth-order valence-corrected chi connectivity index (χ4v) is 2.13. The summed E-state index contributed by atoms with van der Waals surface area (Å²) < 4.78 is 5.91. The van der Waals surface area contributed by atoms with E-state index in [1.54, 1.807) is 0 Å². The van der Waals surface area contributed by atoms with Gasteiger partial charge >= 0.3 is 0 Å². The van der Waals surface area contributed by atoms with Crippen molar-refractivity contribution < 1.29 is 4.74 Å². The van der Waals surface area contributed by atoms with Crippen LogP contribution in [0.5, 0.6) is 5.75 Å². The second-order valence-corrected chi connectivity index (χ2v) is 5.42. The van der Waals surface area contributed by atoms with Crippen LogP contribution in [0.25, 0.3) is 0 Å². The third-order valence-electron chi connectivity index (χ3n) is 3.62. The van der Waals surface area contributed by atoms with Crippen LogP contribution < -0.4 is 10.5 Å². The van der Waals surface area contributed by atoms with E-state index in [2.05, 4.69) is 36.4 Å². The van der Waals surface area contributed by atoms with Gasteiger partial charge in [0.15, 0.2) is 0 Å². The molecular weight excluding hydrogens is 270 g/mol. The molecule has 1 aliphatic rings. The number of halogens is 1. The van der Waals surface area contributed by atoms with Gasteiger partial charge in [-0.3, -0.25) is 0 Å². The SMILES string of the molecule is Cl.NC1(COc2ccccc2Cc2ccccc2)CC1. The van der Waals surface area contributed by atoms with Crippen molar-refractivity contribution >= 4 is 12.4 Å². The number of para-hydroxylation sites is 1. The van der Waals surface area contributed by atoms with Crippen LogP contribution in [-0.4, -0.2) is 12.1 Å². The fourth-order valence-electron chi connectivity index (χ4n) is 2.13. The number of hydrogen-bond acceptors (Lipinski definition) is 2. The van der Waals surface area contributed by atoms with Crippen molar-refractivity contribution in [2.75, 3.05) is 6.61 Å². The zero-order valence-corrected chi connectivity index (χ0v) is 12.2. The lowest BCUT2D eigenvalue weighted by Crippen LogP contribution is -2.30. The van der Waals surface area contributed by atoms with E-state index in [0.29, 0.717) is 6.61 Å². The lowest BCUT2D eigenvalue weighted by Gasteiger charge is -2.14. The molecule has 0 radical (unpaired) electrons. The Balaban J connectivity index is 0.00000147. The van der Waals surface area contributed by atoms with Gasteiger partial charge in [0.1, 0.15) is 12.4 Å². The highest BCUT2D eigenvalue weighted by atomic mass is 35.5. The normalized spacial score (nSPS) is 15.2. The second kappa shape index (κ2) is 6.29. The molecule has 1 saturated carbocycles. The van der Waals surface area contributed by atoms with E-state index in [-0.39, 0.29) is 17.9 Å². The molecule has 3 heteroatoms. The van der Waals surface area contributed by atoms with Crippen LogP contribution in [0.3, 0.4) is 0 Å². The maximum Gasteiger partial charge on any atom is 0.122 e. The molecule has 0 aromatic heterocycles. The average molecular weight is 290 g/mol. The van der Waals surface area contributed by atoms with Crippen molar-refractivity contribution in [2.45, 2.75) is 24.8 Å². The molecule has 2 aromatic rings. The summed E-state index contributed by atoms with van der Waals surface area (Å²) in [6.45, 7) is 0.624. The topological polar surface area (TPSA) is 35.2 Å². The third-order valence-corrected chi connectivity index (χ3v) is 3.62. The molecule has 0 unspecified atom stereocenters. The Morgan fingerprint density at radius 3 is 2.30 bits per heavy atom. The first-order valence-corrected chi connectivity index (χ1v) is 6.79. The van der Waals surface area contributed by atoms with Gasteiger partial charge in [-0.2, -0.15) is 0 Å². The first-order valence-electron chi connectivity index (χ1n) is 6.79. The van der Waals surface area contributed by atoms with Gasteiger partial charge in [-0.15, -0.1) is 12.4 Å². The molecule has 2 nitrogen and oxygen atoms in total. The molecule has 0 amide bonds. The summed E-state index contributed by atoms with van der Waals surface area (Å²) in [7, 11) is 0. The number of hydrogen-bond donors (Lipinski definition) is 1. The lowest BCUT2D eigenvalue weighted by atomic mass is 10.0. The van der Waals surface area contributed by atoms with Crippen LogP contribution in [0.15, 0.2) is 54.6 Å². The van der Waals surface area contributed by atoms with E-state index in [4.69, 9.17) is 10.5 Å².